The number of aromatic nitrogens is 2. The first kappa shape index (κ1) is 12.7. The van der Waals surface area contributed by atoms with Crippen LogP contribution in [-0.4, -0.2) is 25.2 Å². The fourth-order valence-electron chi connectivity index (χ4n) is 1.49. The van der Waals surface area contributed by atoms with Gasteiger partial charge in [-0.1, -0.05) is 18.2 Å². The van der Waals surface area contributed by atoms with E-state index in [9.17, 15) is 12.8 Å². The molecule has 5 nitrogen and oxygen atoms in total. The van der Waals surface area contributed by atoms with Gasteiger partial charge in [0.25, 0.3) is 0 Å². The largest absolute Gasteiger partial charge is 0.284 e. The molecule has 18 heavy (non-hydrogen) atoms. The lowest BCUT2D eigenvalue weighted by atomic mass is 10.1. The molecule has 0 aliphatic carbocycles. The number of hydrogen-bond donors (Lipinski definition) is 2. The van der Waals surface area contributed by atoms with Crippen molar-refractivity contribution >= 4 is 10.0 Å². The van der Waals surface area contributed by atoms with Gasteiger partial charge in [-0.3, -0.25) is 5.10 Å². The van der Waals surface area contributed by atoms with Gasteiger partial charge in [-0.15, -0.1) is 0 Å². The molecule has 0 saturated heterocycles. The monoisotopic (exact) mass is 269 g/mol. The van der Waals surface area contributed by atoms with Crippen LogP contribution in [0.3, 0.4) is 0 Å². The number of halogens is 1. The van der Waals surface area contributed by atoms with Crippen molar-refractivity contribution < 1.29 is 12.8 Å². The number of hydrogen-bond acceptors (Lipinski definition) is 3. The van der Waals surface area contributed by atoms with Crippen LogP contribution in [0.15, 0.2) is 41.6 Å². The lowest BCUT2D eigenvalue weighted by Crippen LogP contribution is -2.25. The van der Waals surface area contributed by atoms with Crippen molar-refractivity contribution in [3.8, 4) is 0 Å². The molecule has 1 aromatic carbocycles. The minimum absolute atomic E-state index is 0.0658. The minimum Gasteiger partial charge on any atom is -0.284 e. The molecule has 96 valence electrons. The molecular formula is C11H12FN3O2S. The minimum atomic E-state index is -3.57. The van der Waals surface area contributed by atoms with Gasteiger partial charge in [0.15, 0.2) is 0 Å². The van der Waals surface area contributed by atoms with Crippen LogP contribution < -0.4 is 4.72 Å². The van der Waals surface area contributed by atoms with Crippen molar-refractivity contribution in [2.45, 2.75) is 11.3 Å². The second-order valence-electron chi connectivity index (χ2n) is 3.67. The van der Waals surface area contributed by atoms with Crippen LogP contribution in [-0.2, 0) is 16.4 Å². The lowest BCUT2D eigenvalue weighted by Gasteiger charge is -2.05. The second kappa shape index (κ2) is 5.28. The SMILES string of the molecule is O=S(=O)(NCCc1ccccc1F)c1cn[nH]c1. The topological polar surface area (TPSA) is 74.8 Å². The molecule has 0 atom stereocenters. The summed E-state index contributed by atoms with van der Waals surface area (Å²) in [6, 6.07) is 6.28. The molecule has 0 fully saturated rings. The Hall–Kier alpha value is -1.73. The first-order valence-corrected chi connectivity index (χ1v) is 6.80. The van der Waals surface area contributed by atoms with Crippen molar-refractivity contribution in [2.24, 2.45) is 0 Å². The highest BCUT2D eigenvalue weighted by atomic mass is 32.2. The summed E-state index contributed by atoms with van der Waals surface area (Å²) in [5, 5.41) is 5.99. The summed E-state index contributed by atoms with van der Waals surface area (Å²) in [7, 11) is -3.57. The van der Waals surface area contributed by atoms with Gasteiger partial charge in [0.1, 0.15) is 10.7 Å². The molecule has 2 aromatic rings. The number of nitrogens with one attached hydrogen (secondary N) is 2. The summed E-state index contributed by atoms with van der Waals surface area (Å²) in [5.74, 6) is -0.333. The molecule has 2 N–H and O–H groups in total. The molecule has 7 heteroatoms. The summed E-state index contributed by atoms with van der Waals surface area (Å²) >= 11 is 0. The highest BCUT2D eigenvalue weighted by molar-refractivity contribution is 7.89. The first-order chi connectivity index (χ1) is 8.59. The number of nitrogens with zero attached hydrogens (tertiary/aromatic N) is 1. The van der Waals surface area contributed by atoms with E-state index in [2.05, 4.69) is 14.9 Å². The van der Waals surface area contributed by atoms with Crippen LogP contribution in [0.5, 0.6) is 0 Å². The van der Waals surface area contributed by atoms with Gasteiger partial charge in [0.2, 0.25) is 10.0 Å². The third-order valence-corrected chi connectivity index (χ3v) is 3.86. The maximum atomic E-state index is 13.3. The van der Waals surface area contributed by atoms with E-state index in [0.717, 1.165) is 0 Å². The first-order valence-electron chi connectivity index (χ1n) is 5.31. The molecule has 0 aliphatic rings. The van der Waals surface area contributed by atoms with Crippen LogP contribution in [0.25, 0.3) is 0 Å². The average molecular weight is 269 g/mol. The van der Waals surface area contributed by atoms with E-state index >= 15 is 0 Å². The number of H-pyrrole nitrogens is 1. The maximum Gasteiger partial charge on any atom is 0.243 e. The number of benzene rings is 1. The van der Waals surface area contributed by atoms with Gasteiger partial charge >= 0.3 is 0 Å². The molecule has 2 rings (SSSR count). The zero-order valence-electron chi connectivity index (χ0n) is 9.43. The molecule has 1 aromatic heterocycles. The zero-order chi connectivity index (χ0) is 13.0. The second-order valence-corrected chi connectivity index (χ2v) is 5.44. The average Bonchev–Trinajstić information content (AvgIpc) is 2.86. The molecule has 0 saturated carbocycles. The van der Waals surface area contributed by atoms with Crippen molar-refractivity contribution in [1.82, 2.24) is 14.9 Å². The summed E-state index contributed by atoms with van der Waals surface area (Å²) in [5.41, 5.74) is 0.479. The summed E-state index contributed by atoms with van der Waals surface area (Å²) < 4.78 is 39.1. The Balaban J connectivity index is 1.96. The van der Waals surface area contributed by atoms with Crippen molar-refractivity contribution in [3.63, 3.8) is 0 Å². The fourth-order valence-corrected chi connectivity index (χ4v) is 2.43. The van der Waals surface area contributed by atoms with E-state index in [1.54, 1.807) is 18.2 Å². The summed E-state index contributed by atoms with van der Waals surface area (Å²) in [6.45, 7) is 0.133. The van der Waals surface area contributed by atoms with Crippen molar-refractivity contribution in [2.75, 3.05) is 6.54 Å². The van der Waals surface area contributed by atoms with E-state index in [0.29, 0.717) is 12.0 Å². The van der Waals surface area contributed by atoms with Crippen molar-refractivity contribution in [1.29, 1.82) is 0 Å². The van der Waals surface area contributed by atoms with Gasteiger partial charge in [0, 0.05) is 12.7 Å². The van der Waals surface area contributed by atoms with Crippen molar-refractivity contribution in [3.05, 3.63) is 48.0 Å². The molecule has 0 unspecified atom stereocenters. The zero-order valence-corrected chi connectivity index (χ0v) is 10.2. The van der Waals surface area contributed by atoms with Gasteiger partial charge < -0.3 is 0 Å². The molecule has 1 heterocycles. The molecule has 0 radical (unpaired) electrons. The number of sulfonamides is 1. The molecule has 0 aliphatic heterocycles. The highest BCUT2D eigenvalue weighted by Crippen LogP contribution is 2.08. The third kappa shape index (κ3) is 2.93. The highest BCUT2D eigenvalue weighted by Gasteiger charge is 2.14. The fraction of sp³-hybridized carbons (Fsp3) is 0.182. The number of rotatable bonds is 5. The standard InChI is InChI=1S/C11H12FN3O2S/c12-11-4-2-1-3-9(11)5-6-15-18(16,17)10-7-13-14-8-10/h1-4,7-8,15H,5-6H2,(H,13,14). The van der Waals surface area contributed by atoms with Gasteiger partial charge in [-0.05, 0) is 18.1 Å². The van der Waals surface area contributed by atoms with E-state index < -0.39 is 10.0 Å². The summed E-state index contributed by atoms with van der Waals surface area (Å²) in [6.07, 6.45) is 2.79. The van der Waals surface area contributed by atoms with Crippen LogP contribution in [0.1, 0.15) is 5.56 Å². The quantitative estimate of drug-likeness (QED) is 0.852. The molecule has 0 bridgehead atoms. The Morgan fingerprint density at radius 2 is 2.11 bits per heavy atom. The van der Waals surface area contributed by atoms with Crippen LogP contribution >= 0.6 is 0 Å². The van der Waals surface area contributed by atoms with E-state index in [4.69, 9.17) is 0 Å². The maximum absolute atomic E-state index is 13.3. The molecule has 0 spiro atoms. The third-order valence-electron chi connectivity index (χ3n) is 2.43. The predicted octanol–water partition coefficient (Wildman–Crippen LogP) is 1.07. The van der Waals surface area contributed by atoms with Crippen LogP contribution in [0.2, 0.25) is 0 Å². The lowest BCUT2D eigenvalue weighted by molar-refractivity contribution is 0.577. The van der Waals surface area contributed by atoms with E-state index in [1.807, 2.05) is 0 Å². The Morgan fingerprint density at radius 3 is 2.78 bits per heavy atom. The summed E-state index contributed by atoms with van der Waals surface area (Å²) in [4.78, 5) is 0.0658. The Morgan fingerprint density at radius 1 is 1.33 bits per heavy atom. The Labute approximate surface area is 104 Å². The van der Waals surface area contributed by atoms with E-state index in [1.165, 1.54) is 18.5 Å². The normalized spacial score (nSPS) is 11.6. The predicted molar refractivity (Wildman–Crippen MR) is 63.9 cm³/mol. The van der Waals surface area contributed by atoms with Crippen LogP contribution in [0.4, 0.5) is 4.39 Å². The molecule has 0 amide bonds. The van der Waals surface area contributed by atoms with Gasteiger partial charge in [0.05, 0.1) is 6.20 Å². The Kier molecular flexibility index (Phi) is 3.73. The number of aromatic amines is 1. The Bertz CT molecular complexity index is 611. The van der Waals surface area contributed by atoms with E-state index in [-0.39, 0.29) is 17.3 Å². The molecular weight excluding hydrogens is 257 g/mol. The van der Waals surface area contributed by atoms with Gasteiger partial charge in [-0.2, -0.15) is 5.10 Å². The smallest absolute Gasteiger partial charge is 0.243 e. The van der Waals surface area contributed by atoms with Crippen LogP contribution in [0, 0.1) is 5.82 Å². The van der Waals surface area contributed by atoms with Gasteiger partial charge in [-0.25, -0.2) is 17.5 Å².